The van der Waals surface area contributed by atoms with Gasteiger partial charge in [0, 0.05) is 24.7 Å². The number of hydrogen-bond acceptors (Lipinski definition) is 17. The first-order chi connectivity index (χ1) is 30.5. The summed E-state index contributed by atoms with van der Waals surface area (Å²) in [6.07, 6.45) is 8.87. The normalized spacial score (nSPS) is 30.5. The molecule has 0 amide bonds. The van der Waals surface area contributed by atoms with E-state index >= 15 is 0 Å². The summed E-state index contributed by atoms with van der Waals surface area (Å²) < 4.78 is 21.9. The Morgan fingerprint density at radius 3 is 2.00 bits per heavy atom. The number of aliphatic hydroxyl groups excluding tert-OH is 9. The van der Waals surface area contributed by atoms with Gasteiger partial charge in [0.1, 0.15) is 18.1 Å². The molecule has 2 aliphatic heterocycles. The van der Waals surface area contributed by atoms with Gasteiger partial charge in [0.2, 0.25) is 0 Å². The van der Waals surface area contributed by atoms with Gasteiger partial charge in [-0.2, -0.15) is 0 Å². The number of unbranched alkanes of at least 4 members (excludes halogenated alkanes) is 1. The van der Waals surface area contributed by atoms with Crippen LogP contribution in [0.1, 0.15) is 92.4 Å². The predicted octanol–water partition coefficient (Wildman–Crippen LogP) is 1.18. The van der Waals surface area contributed by atoms with Gasteiger partial charge in [-0.3, -0.25) is 9.59 Å². The van der Waals surface area contributed by atoms with Gasteiger partial charge >= 0.3 is 11.9 Å². The fourth-order valence-corrected chi connectivity index (χ4v) is 7.33. The second kappa shape index (κ2) is 29.6. The molecule has 0 aromatic rings. The molecule has 2 saturated heterocycles. The van der Waals surface area contributed by atoms with Gasteiger partial charge in [0.25, 0.3) is 0 Å². The average molecular weight is 928 g/mol. The number of aliphatic hydroxyl groups is 10. The predicted molar refractivity (Wildman–Crippen MR) is 239 cm³/mol. The number of esters is 1. The number of nitrogens with two attached hydrogens (primary N) is 1. The Bertz CT molecular complexity index is 1570. The second-order valence-corrected chi connectivity index (χ2v) is 17.5. The van der Waals surface area contributed by atoms with Crippen molar-refractivity contribution in [1.29, 1.82) is 0 Å². The van der Waals surface area contributed by atoms with E-state index < -0.39 is 135 Å². The van der Waals surface area contributed by atoms with Crippen LogP contribution in [-0.2, 0) is 28.5 Å². The van der Waals surface area contributed by atoms with E-state index in [0.717, 1.165) is 12.8 Å². The van der Waals surface area contributed by atoms with Crippen molar-refractivity contribution in [2.45, 2.75) is 184 Å². The van der Waals surface area contributed by atoms with Crippen LogP contribution in [0.4, 0.5) is 0 Å². The smallest absolute Gasteiger partial charge is 0.311 e. The van der Waals surface area contributed by atoms with Crippen LogP contribution in [0.15, 0.2) is 72.9 Å². The molecule has 2 fully saturated rings. The molecule has 13 N–H and O–H groups in total. The highest BCUT2D eigenvalue weighted by molar-refractivity contribution is 5.71. The van der Waals surface area contributed by atoms with Crippen LogP contribution in [-0.4, -0.2) is 166 Å². The van der Waals surface area contributed by atoms with Gasteiger partial charge in [-0.1, -0.05) is 86.8 Å². The van der Waals surface area contributed by atoms with Crippen molar-refractivity contribution in [3.8, 4) is 0 Å². The van der Waals surface area contributed by atoms with E-state index in [-0.39, 0.29) is 37.7 Å². The number of hydrogen-bond donors (Lipinski definition) is 12. The van der Waals surface area contributed by atoms with E-state index in [9.17, 15) is 60.7 Å². The lowest BCUT2D eigenvalue weighted by Crippen LogP contribution is -2.61. The molecule has 65 heavy (non-hydrogen) atoms. The monoisotopic (exact) mass is 928 g/mol. The van der Waals surface area contributed by atoms with E-state index in [1.807, 2.05) is 80.7 Å². The minimum atomic E-state index is -2.05. The third-order valence-electron chi connectivity index (χ3n) is 11.7. The molecular formula is C47H77NO17. The van der Waals surface area contributed by atoms with Gasteiger partial charge in [0.05, 0.1) is 80.1 Å². The van der Waals surface area contributed by atoms with Gasteiger partial charge < -0.3 is 80.9 Å². The molecule has 0 spiro atoms. The first kappa shape index (κ1) is 57.9. The Morgan fingerprint density at radius 2 is 1.37 bits per heavy atom. The minimum absolute atomic E-state index is 0.0661. The van der Waals surface area contributed by atoms with Crippen LogP contribution >= 0.6 is 0 Å². The summed E-state index contributed by atoms with van der Waals surface area (Å²) in [5.74, 6) is -6.01. The van der Waals surface area contributed by atoms with Gasteiger partial charge in [-0.25, -0.2) is 0 Å². The maximum Gasteiger partial charge on any atom is 0.311 e. The Balaban J connectivity index is 1.61. The van der Waals surface area contributed by atoms with Crippen LogP contribution in [0.25, 0.3) is 0 Å². The topological polar surface area (TPSA) is 320 Å². The molecule has 2 aliphatic rings. The van der Waals surface area contributed by atoms with E-state index in [4.69, 9.17) is 29.8 Å². The highest BCUT2D eigenvalue weighted by Gasteiger charge is 2.45. The third-order valence-corrected chi connectivity index (χ3v) is 11.7. The van der Waals surface area contributed by atoms with E-state index in [1.165, 1.54) is 0 Å². The summed E-state index contributed by atoms with van der Waals surface area (Å²) in [6, 6.07) is -0.848. The lowest BCUT2D eigenvalue weighted by Gasteiger charge is -2.40. The maximum absolute atomic E-state index is 12.6. The third kappa shape index (κ3) is 21.5. The van der Waals surface area contributed by atoms with Gasteiger partial charge in [0.15, 0.2) is 12.1 Å². The summed E-state index contributed by atoms with van der Waals surface area (Å²) in [6.45, 7) is 8.25. The lowest BCUT2D eigenvalue weighted by atomic mass is 9.88. The largest absolute Gasteiger partial charge is 0.481 e. The molecular weight excluding hydrogens is 851 g/mol. The molecule has 2 rings (SSSR count). The SMILES string of the molecule is CC(/C=C/C=C/C=C/C=C/CC/C=C/C=C/C(C)C(O)C(C)C(C)OC(=O)CC(O)CC(O)CC(O)CCC(O)C(O)CC1(O)CC(O)C(C(=O)O)CO1)O[C@@H]1O[C@H](C)[C@H](O)[C@H](N)[C@@H]1O. The van der Waals surface area contributed by atoms with Crippen LogP contribution in [0.2, 0.25) is 0 Å². The van der Waals surface area contributed by atoms with Crippen molar-refractivity contribution >= 4 is 11.9 Å². The summed E-state index contributed by atoms with van der Waals surface area (Å²) in [4.78, 5) is 23.7. The standard InChI is InChI=1S/C47H77NO17/c1-28(18-16-14-12-10-8-6-7-9-11-13-15-17-19-29(2)63-46-44(58)41(48)43(57)32(5)65-46)42(56)30(3)31(4)64-40(55)24-35(51)23-34(50)22-33(49)20-21-37(52)39(54)26-47(61)25-38(53)36(27-62-47)45(59)60/h6-7,9,11-19,28-39,41-44,46,49-54,56-58,61H,8,10,20-27,48H2,1-5H3,(H,59,60)/b7-6+,11-9+,14-12+,15-13+,18-16+,19-17+/t28?,29?,30?,31?,32-,33?,34?,35?,36?,37?,38?,39?,41+,42?,43+,44+,46-,47?/m1/s1. The van der Waals surface area contributed by atoms with Crippen molar-refractivity contribution in [1.82, 2.24) is 0 Å². The fourth-order valence-electron chi connectivity index (χ4n) is 7.33. The fraction of sp³-hybridized carbons (Fsp3) is 0.702. The molecule has 18 heteroatoms. The van der Waals surface area contributed by atoms with Crippen LogP contribution in [0, 0.1) is 17.8 Å². The molecule has 2 heterocycles. The number of allylic oxidation sites excluding steroid dienone is 10. The zero-order valence-corrected chi connectivity index (χ0v) is 38.3. The Hall–Kier alpha value is -3.18. The zero-order valence-electron chi connectivity index (χ0n) is 38.3. The van der Waals surface area contributed by atoms with Crippen molar-refractivity contribution in [2.75, 3.05) is 6.61 Å². The number of rotatable bonds is 28. The van der Waals surface area contributed by atoms with E-state index in [0.29, 0.717) is 0 Å². The molecule has 18 nitrogen and oxygen atoms in total. The number of aliphatic carboxylic acids is 1. The van der Waals surface area contributed by atoms with Crippen molar-refractivity contribution in [2.24, 2.45) is 23.5 Å². The van der Waals surface area contributed by atoms with Crippen molar-refractivity contribution < 1.29 is 84.7 Å². The number of carboxylic acid groups (broad SMARTS) is 1. The van der Waals surface area contributed by atoms with E-state index in [2.05, 4.69) is 0 Å². The first-order valence-electron chi connectivity index (χ1n) is 22.5. The van der Waals surface area contributed by atoms with Crippen LogP contribution in [0.3, 0.4) is 0 Å². The Morgan fingerprint density at radius 1 is 0.785 bits per heavy atom. The summed E-state index contributed by atoms with van der Waals surface area (Å²) in [5.41, 5.74) is 5.84. The van der Waals surface area contributed by atoms with Crippen LogP contribution < -0.4 is 5.73 Å². The number of carbonyl (C=O) groups excluding carboxylic acids is 1. The molecule has 372 valence electrons. The second-order valence-electron chi connectivity index (χ2n) is 17.5. The Labute approximate surface area is 382 Å². The highest BCUT2D eigenvalue weighted by atomic mass is 16.7. The van der Waals surface area contributed by atoms with Gasteiger partial charge in [-0.05, 0) is 59.3 Å². The highest BCUT2D eigenvalue weighted by Crippen LogP contribution is 2.32. The molecule has 0 saturated carbocycles. The quantitative estimate of drug-likeness (QED) is 0.0298. The molecule has 0 aromatic heterocycles. The Kier molecular flexibility index (Phi) is 26.3. The first-order valence-corrected chi connectivity index (χ1v) is 22.5. The lowest BCUT2D eigenvalue weighted by molar-refractivity contribution is -0.273. The molecule has 0 aliphatic carbocycles. The number of ether oxygens (including phenoxy) is 4. The minimum Gasteiger partial charge on any atom is -0.481 e. The van der Waals surface area contributed by atoms with Gasteiger partial charge in [-0.15, -0.1) is 0 Å². The average Bonchev–Trinajstić information content (AvgIpc) is 3.22. The van der Waals surface area contributed by atoms with Crippen LogP contribution in [0.5, 0.6) is 0 Å². The number of carboxylic acids is 1. The summed E-state index contributed by atoms with van der Waals surface area (Å²) in [5, 5.41) is 113. The zero-order chi connectivity index (χ0) is 48.9. The number of carbonyl (C=O) groups is 2. The molecule has 0 radical (unpaired) electrons. The molecule has 18 atom stereocenters. The molecule has 13 unspecified atom stereocenters. The maximum atomic E-state index is 12.6. The molecule has 0 aromatic carbocycles. The van der Waals surface area contributed by atoms with E-state index in [1.54, 1.807) is 26.8 Å². The molecule has 0 bridgehead atoms. The van der Waals surface area contributed by atoms with Crippen molar-refractivity contribution in [3.63, 3.8) is 0 Å². The summed E-state index contributed by atoms with van der Waals surface area (Å²) >= 11 is 0. The summed E-state index contributed by atoms with van der Waals surface area (Å²) in [7, 11) is 0. The van der Waals surface area contributed by atoms with Crippen molar-refractivity contribution in [3.05, 3.63) is 72.9 Å².